The average Bonchev–Trinajstić information content (AvgIpc) is 2.33. The Morgan fingerprint density at radius 3 is 1.94 bits per heavy atom. The summed E-state index contributed by atoms with van der Waals surface area (Å²) in [4.78, 5) is 0. The van der Waals surface area contributed by atoms with Gasteiger partial charge in [0.15, 0.2) is 0 Å². The van der Waals surface area contributed by atoms with E-state index in [9.17, 15) is 0 Å². The summed E-state index contributed by atoms with van der Waals surface area (Å²) in [5.74, 6) is 0. The zero-order chi connectivity index (χ0) is 11.2. The Bertz CT molecular complexity index is 422. The molecular weight excluding hydrogens is 195 g/mol. The molecule has 0 saturated heterocycles. The molecule has 0 spiro atoms. The summed E-state index contributed by atoms with van der Waals surface area (Å²) in [6.45, 7) is 1.26. The molecule has 0 aliphatic carbocycles. The summed E-state index contributed by atoms with van der Waals surface area (Å²) in [5, 5.41) is 0. The fraction of sp³-hybridized carbons (Fsp3) is 0.143. The third-order valence-corrected chi connectivity index (χ3v) is 2.36. The van der Waals surface area contributed by atoms with Crippen LogP contribution in [0.25, 0.3) is 0 Å². The van der Waals surface area contributed by atoms with Gasteiger partial charge in [0.1, 0.15) is 7.85 Å². The van der Waals surface area contributed by atoms with Crippen LogP contribution in [0.15, 0.2) is 54.6 Å². The van der Waals surface area contributed by atoms with E-state index < -0.39 is 0 Å². The Balaban J connectivity index is 1.82. The summed E-state index contributed by atoms with van der Waals surface area (Å²) in [7, 11) is 5.61. The molecule has 78 valence electrons. The Hall–Kier alpha value is -1.54. The van der Waals surface area contributed by atoms with Gasteiger partial charge in [-0.2, -0.15) is 0 Å². The van der Waals surface area contributed by atoms with Crippen LogP contribution < -0.4 is 5.46 Å². The van der Waals surface area contributed by atoms with Crippen LogP contribution in [-0.2, 0) is 18.0 Å². The van der Waals surface area contributed by atoms with Crippen molar-refractivity contribution in [2.24, 2.45) is 0 Å². The molecule has 0 unspecified atom stereocenters. The lowest BCUT2D eigenvalue weighted by atomic mass is 9.95. The minimum Gasteiger partial charge on any atom is -0.372 e. The summed E-state index contributed by atoms with van der Waals surface area (Å²) in [6.07, 6.45) is 0. The molecule has 0 amide bonds. The van der Waals surface area contributed by atoms with E-state index in [4.69, 9.17) is 12.6 Å². The van der Waals surface area contributed by atoms with Crippen molar-refractivity contribution in [1.29, 1.82) is 0 Å². The van der Waals surface area contributed by atoms with Gasteiger partial charge in [-0.25, -0.2) is 0 Å². The Labute approximate surface area is 97.5 Å². The van der Waals surface area contributed by atoms with Gasteiger partial charge < -0.3 is 4.74 Å². The number of hydrogen-bond donors (Lipinski definition) is 0. The van der Waals surface area contributed by atoms with Gasteiger partial charge in [-0.05, 0) is 11.1 Å². The van der Waals surface area contributed by atoms with E-state index in [-0.39, 0.29) is 0 Å². The van der Waals surface area contributed by atoms with Crippen molar-refractivity contribution in [2.45, 2.75) is 13.2 Å². The van der Waals surface area contributed by atoms with Gasteiger partial charge in [0.05, 0.1) is 13.2 Å². The van der Waals surface area contributed by atoms with E-state index in [2.05, 4.69) is 12.1 Å². The number of benzene rings is 2. The minimum absolute atomic E-state index is 0.620. The number of hydrogen-bond acceptors (Lipinski definition) is 1. The predicted molar refractivity (Wildman–Crippen MR) is 66.8 cm³/mol. The zero-order valence-electron chi connectivity index (χ0n) is 9.10. The van der Waals surface area contributed by atoms with E-state index in [0.717, 1.165) is 11.0 Å². The molecule has 0 fully saturated rings. The van der Waals surface area contributed by atoms with Crippen LogP contribution in [0.5, 0.6) is 0 Å². The third kappa shape index (κ3) is 3.25. The van der Waals surface area contributed by atoms with Crippen LogP contribution in [0, 0.1) is 0 Å². The van der Waals surface area contributed by atoms with Crippen molar-refractivity contribution in [1.82, 2.24) is 0 Å². The molecule has 0 aromatic heterocycles. The molecule has 2 aromatic carbocycles. The van der Waals surface area contributed by atoms with Crippen molar-refractivity contribution in [3.63, 3.8) is 0 Å². The highest BCUT2D eigenvalue weighted by Crippen LogP contribution is 2.04. The molecule has 0 N–H and O–H groups in total. The zero-order valence-corrected chi connectivity index (χ0v) is 9.10. The highest BCUT2D eigenvalue weighted by molar-refractivity contribution is 6.32. The normalized spacial score (nSPS) is 10.2. The third-order valence-electron chi connectivity index (χ3n) is 2.36. The molecule has 0 atom stereocenters. The summed E-state index contributed by atoms with van der Waals surface area (Å²) in [6, 6.07) is 17.9. The fourth-order valence-corrected chi connectivity index (χ4v) is 1.47. The molecule has 2 aromatic rings. The van der Waals surface area contributed by atoms with E-state index in [1.54, 1.807) is 0 Å². The molecule has 2 rings (SSSR count). The van der Waals surface area contributed by atoms with Crippen molar-refractivity contribution >= 4 is 13.3 Å². The van der Waals surface area contributed by atoms with Crippen LogP contribution in [0.3, 0.4) is 0 Å². The monoisotopic (exact) mass is 208 g/mol. The van der Waals surface area contributed by atoms with Gasteiger partial charge in [-0.15, -0.1) is 0 Å². The minimum atomic E-state index is 0.620. The van der Waals surface area contributed by atoms with E-state index in [1.165, 1.54) is 5.56 Å². The van der Waals surface area contributed by atoms with E-state index in [0.29, 0.717) is 13.2 Å². The summed E-state index contributed by atoms with van der Waals surface area (Å²) in [5.41, 5.74) is 3.12. The van der Waals surface area contributed by atoms with Crippen molar-refractivity contribution < 1.29 is 4.74 Å². The lowest BCUT2D eigenvalue weighted by Crippen LogP contribution is -2.01. The lowest BCUT2D eigenvalue weighted by Gasteiger charge is -2.04. The highest BCUT2D eigenvalue weighted by Gasteiger charge is 1.94. The maximum Gasteiger partial charge on any atom is 0.113 e. The smallest absolute Gasteiger partial charge is 0.113 e. The van der Waals surface area contributed by atoms with Crippen LogP contribution in [-0.4, -0.2) is 7.85 Å². The molecule has 0 aliphatic heterocycles. The van der Waals surface area contributed by atoms with E-state index >= 15 is 0 Å². The van der Waals surface area contributed by atoms with Crippen molar-refractivity contribution in [2.75, 3.05) is 0 Å². The Morgan fingerprint density at radius 2 is 1.31 bits per heavy atom. The lowest BCUT2D eigenvalue weighted by molar-refractivity contribution is 0.107. The second-order valence-corrected chi connectivity index (χ2v) is 3.72. The Kier molecular flexibility index (Phi) is 3.78. The first-order chi connectivity index (χ1) is 7.84. The van der Waals surface area contributed by atoms with Gasteiger partial charge in [0.2, 0.25) is 0 Å². The topological polar surface area (TPSA) is 9.23 Å². The predicted octanol–water partition coefficient (Wildman–Crippen LogP) is 2.20. The molecule has 16 heavy (non-hydrogen) atoms. The molecule has 0 heterocycles. The van der Waals surface area contributed by atoms with Crippen LogP contribution >= 0.6 is 0 Å². The number of rotatable bonds is 4. The van der Waals surface area contributed by atoms with Gasteiger partial charge in [0, 0.05) is 0 Å². The molecule has 1 nitrogen and oxygen atoms in total. The van der Waals surface area contributed by atoms with Gasteiger partial charge in [0.25, 0.3) is 0 Å². The first-order valence-corrected chi connectivity index (χ1v) is 5.31. The second kappa shape index (κ2) is 5.52. The van der Waals surface area contributed by atoms with Gasteiger partial charge in [-0.3, -0.25) is 0 Å². The van der Waals surface area contributed by atoms with Crippen LogP contribution in [0.1, 0.15) is 11.1 Å². The molecule has 0 aliphatic rings. The first-order valence-electron chi connectivity index (χ1n) is 5.31. The van der Waals surface area contributed by atoms with Crippen molar-refractivity contribution in [3.05, 3.63) is 65.7 Å². The fourth-order valence-electron chi connectivity index (χ4n) is 1.47. The molecule has 2 radical (unpaired) electrons. The molecule has 2 heteroatoms. The van der Waals surface area contributed by atoms with E-state index in [1.807, 2.05) is 42.5 Å². The maximum atomic E-state index is 5.61. The first kappa shape index (κ1) is 11.0. The summed E-state index contributed by atoms with van der Waals surface area (Å²) >= 11 is 0. The highest BCUT2D eigenvalue weighted by atomic mass is 16.5. The summed E-state index contributed by atoms with van der Waals surface area (Å²) < 4.78 is 5.60. The van der Waals surface area contributed by atoms with Gasteiger partial charge >= 0.3 is 0 Å². The average molecular weight is 208 g/mol. The Morgan fingerprint density at radius 1 is 0.750 bits per heavy atom. The molecule has 0 bridgehead atoms. The van der Waals surface area contributed by atoms with Crippen LogP contribution in [0.4, 0.5) is 0 Å². The molecular formula is C14H13BO. The van der Waals surface area contributed by atoms with Crippen LogP contribution in [0.2, 0.25) is 0 Å². The largest absolute Gasteiger partial charge is 0.372 e. The van der Waals surface area contributed by atoms with Crippen molar-refractivity contribution in [3.8, 4) is 0 Å². The number of ether oxygens (including phenoxy) is 1. The SMILES string of the molecule is [B]c1ccc(COCc2ccccc2)cc1. The quantitative estimate of drug-likeness (QED) is 0.700. The second-order valence-electron chi connectivity index (χ2n) is 3.72. The maximum absolute atomic E-state index is 5.61. The molecule has 0 saturated carbocycles. The van der Waals surface area contributed by atoms with Gasteiger partial charge in [-0.1, -0.05) is 60.1 Å². The standard InChI is InChI=1S/C14H13BO/c15-14-8-6-13(7-9-14)11-16-10-12-4-2-1-3-5-12/h1-9H,10-11H2.